The SMILES string of the molecule is CCc1ccccc1NC(=O)CCn1nc(C)c(S(=O)(=O)N2CCC(C)CC2)c1C. The number of para-hydroxylation sites is 1. The van der Waals surface area contributed by atoms with Gasteiger partial charge in [-0.1, -0.05) is 32.0 Å². The molecule has 1 aliphatic heterocycles. The number of anilines is 1. The molecule has 1 aromatic carbocycles. The van der Waals surface area contributed by atoms with E-state index in [2.05, 4.69) is 17.3 Å². The molecule has 3 rings (SSSR count). The van der Waals surface area contributed by atoms with Crippen molar-refractivity contribution >= 4 is 21.6 Å². The Labute approximate surface area is 179 Å². The number of nitrogens with one attached hydrogen (secondary N) is 1. The number of aryl methyl sites for hydroxylation is 3. The van der Waals surface area contributed by atoms with Gasteiger partial charge in [-0.3, -0.25) is 9.48 Å². The number of carbonyl (C=O) groups excluding carboxylic acids is 1. The van der Waals surface area contributed by atoms with Crippen LogP contribution in [0.1, 0.15) is 50.1 Å². The number of rotatable bonds is 7. The third kappa shape index (κ3) is 4.75. The molecule has 0 aliphatic carbocycles. The maximum absolute atomic E-state index is 13.2. The molecule has 1 aromatic heterocycles. The quantitative estimate of drug-likeness (QED) is 0.726. The fourth-order valence-electron chi connectivity index (χ4n) is 4.00. The minimum absolute atomic E-state index is 0.113. The zero-order valence-electron chi connectivity index (χ0n) is 18.3. The third-order valence-electron chi connectivity index (χ3n) is 5.88. The van der Waals surface area contributed by atoms with Crippen molar-refractivity contribution < 1.29 is 13.2 Å². The van der Waals surface area contributed by atoms with Crippen LogP contribution in [0.3, 0.4) is 0 Å². The van der Waals surface area contributed by atoms with Gasteiger partial charge in [-0.25, -0.2) is 8.42 Å². The van der Waals surface area contributed by atoms with E-state index in [-0.39, 0.29) is 17.2 Å². The van der Waals surface area contributed by atoms with E-state index in [1.165, 1.54) is 0 Å². The summed E-state index contributed by atoms with van der Waals surface area (Å²) in [5.41, 5.74) is 2.98. The van der Waals surface area contributed by atoms with Gasteiger partial charge in [0.25, 0.3) is 0 Å². The Morgan fingerprint density at radius 1 is 1.20 bits per heavy atom. The number of benzene rings is 1. The second-order valence-electron chi connectivity index (χ2n) is 8.12. The highest BCUT2D eigenvalue weighted by Crippen LogP contribution is 2.27. The average molecular weight is 433 g/mol. The fourth-order valence-corrected chi connectivity index (χ4v) is 5.84. The van der Waals surface area contributed by atoms with Gasteiger partial charge >= 0.3 is 0 Å². The van der Waals surface area contributed by atoms with Crippen LogP contribution in [0.5, 0.6) is 0 Å². The summed E-state index contributed by atoms with van der Waals surface area (Å²) in [5, 5.41) is 7.38. The van der Waals surface area contributed by atoms with Gasteiger partial charge in [-0.15, -0.1) is 0 Å². The molecular weight excluding hydrogens is 400 g/mol. The molecule has 30 heavy (non-hydrogen) atoms. The monoisotopic (exact) mass is 432 g/mol. The summed E-state index contributed by atoms with van der Waals surface area (Å²) in [7, 11) is -3.57. The first-order chi connectivity index (χ1) is 14.2. The number of hydrogen-bond acceptors (Lipinski definition) is 4. The van der Waals surface area contributed by atoms with Crippen LogP contribution in [0.15, 0.2) is 29.2 Å². The van der Waals surface area contributed by atoms with Crippen LogP contribution < -0.4 is 5.32 Å². The van der Waals surface area contributed by atoms with Gasteiger partial charge in [0.2, 0.25) is 15.9 Å². The van der Waals surface area contributed by atoms with Crippen LogP contribution in [-0.2, 0) is 27.8 Å². The van der Waals surface area contributed by atoms with Crippen molar-refractivity contribution in [1.29, 1.82) is 0 Å². The maximum Gasteiger partial charge on any atom is 0.246 e. The zero-order chi connectivity index (χ0) is 21.9. The molecule has 0 spiro atoms. The molecule has 0 atom stereocenters. The lowest BCUT2D eigenvalue weighted by Gasteiger charge is -2.29. The average Bonchev–Trinajstić information content (AvgIpc) is 3.01. The van der Waals surface area contributed by atoms with Crippen LogP contribution in [0.4, 0.5) is 5.69 Å². The summed E-state index contributed by atoms with van der Waals surface area (Å²) < 4.78 is 29.6. The van der Waals surface area contributed by atoms with Crippen LogP contribution >= 0.6 is 0 Å². The van der Waals surface area contributed by atoms with Gasteiger partial charge in [0.15, 0.2) is 0 Å². The van der Waals surface area contributed by atoms with E-state index < -0.39 is 10.0 Å². The van der Waals surface area contributed by atoms with Crippen molar-refractivity contribution in [1.82, 2.24) is 14.1 Å². The number of carbonyl (C=O) groups is 1. The summed E-state index contributed by atoms with van der Waals surface area (Å²) in [6.07, 6.45) is 2.82. The Morgan fingerprint density at radius 2 is 1.87 bits per heavy atom. The lowest BCUT2D eigenvalue weighted by atomic mass is 10.0. The van der Waals surface area contributed by atoms with E-state index in [4.69, 9.17) is 0 Å². The van der Waals surface area contributed by atoms with Gasteiger partial charge in [0, 0.05) is 25.2 Å². The van der Waals surface area contributed by atoms with Crippen LogP contribution in [-0.4, -0.2) is 41.5 Å². The predicted octanol–water partition coefficient (Wildman–Crippen LogP) is 3.51. The Kier molecular flexibility index (Phi) is 6.98. The second-order valence-corrected chi connectivity index (χ2v) is 9.99. The first-order valence-electron chi connectivity index (χ1n) is 10.7. The van der Waals surface area contributed by atoms with Gasteiger partial charge in [-0.05, 0) is 50.7 Å². The van der Waals surface area contributed by atoms with Crippen LogP contribution in [0.25, 0.3) is 0 Å². The number of piperidine rings is 1. The highest BCUT2D eigenvalue weighted by atomic mass is 32.2. The minimum Gasteiger partial charge on any atom is -0.326 e. The van der Waals surface area contributed by atoms with E-state index in [1.807, 2.05) is 31.2 Å². The maximum atomic E-state index is 13.2. The van der Waals surface area contributed by atoms with E-state index in [0.717, 1.165) is 30.5 Å². The second kappa shape index (κ2) is 9.31. The smallest absolute Gasteiger partial charge is 0.246 e. The molecule has 0 unspecified atom stereocenters. The summed E-state index contributed by atoms with van der Waals surface area (Å²) in [6.45, 7) is 9.12. The topological polar surface area (TPSA) is 84.3 Å². The molecule has 0 bridgehead atoms. The van der Waals surface area contributed by atoms with Crippen LogP contribution in [0.2, 0.25) is 0 Å². The lowest BCUT2D eigenvalue weighted by Crippen LogP contribution is -2.38. The highest BCUT2D eigenvalue weighted by Gasteiger charge is 2.33. The van der Waals surface area contributed by atoms with Crippen molar-refractivity contribution in [3.63, 3.8) is 0 Å². The molecule has 0 radical (unpaired) electrons. The Hall–Kier alpha value is -2.19. The largest absolute Gasteiger partial charge is 0.326 e. The van der Waals surface area contributed by atoms with Crippen molar-refractivity contribution in [2.24, 2.45) is 5.92 Å². The molecule has 1 aliphatic rings. The zero-order valence-corrected chi connectivity index (χ0v) is 19.1. The molecule has 1 saturated heterocycles. The van der Waals surface area contributed by atoms with Crippen molar-refractivity contribution in [2.45, 2.75) is 64.8 Å². The van der Waals surface area contributed by atoms with Gasteiger partial charge in [0.05, 0.1) is 17.9 Å². The molecule has 1 amide bonds. The van der Waals surface area contributed by atoms with Crippen LogP contribution in [0, 0.1) is 19.8 Å². The Morgan fingerprint density at radius 3 is 2.53 bits per heavy atom. The first kappa shape index (κ1) is 22.5. The summed E-state index contributed by atoms with van der Waals surface area (Å²) in [6, 6.07) is 7.74. The number of hydrogen-bond donors (Lipinski definition) is 1. The number of sulfonamides is 1. The van der Waals surface area contributed by atoms with Crippen molar-refractivity contribution in [3.8, 4) is 0 Å². The first-order valence-corrected chi connectivity index (χ1v) is 12.1. The summed E-state index contributed by atoms with van der Waals surface area (Å²) in [5.74, 6) is 0.440. The van der Waals surface area contributed by atoms with E-state index in [0.29, 0.717) is 36.9 Å². The summed E-state index contributed by atoms with van der Waals surface area (Å²) >= 11 is 0. The molecular formula is C22H32N4O3S. The molecule has 7 nitrogen and oxygen atoms in total. The van der Waals surface area contributed by atoms with Crippen molar-refractivity contribution in [2.75, 3.05) is 18.4 Å². The van der Waals surface area contributed by atoms with Crippen molar-refractivity contribution in [3.05, 3.63) is 41.2 Å². The van der Waals surface area contributed by atoms with Gasteiger partial charge < -0.3 is 5.32 Å². The normalized spacial score (nSPS) is 16.0. The van der Waals surface area contributed by atoms with E-state index in [9.17, 15) is 13.2 Å². The highest BCUT2D eigenvalue weighted by molar-refractivity contribution is 7.89. The number of aromatic nitrogens is 2. The molecule has 2 heterocycles. The Balaban J connectivity index is 1.70. The molecule has 164 valence electrons. The number of nitrogens with zero attached hydrogens (tertiary/aromatic N) is 3. The van der Waals surface area contributed by atoms with Gasteiger partial charge in [-0.2, -0.15) is 9.40 Å². The van der Waals surface area contributed by atoms with E-state index >= 15 is 0 Å². The molecule has 8 heteroatoms. The fraction of sp³-hybridized carbons (Fsp3) is 0.545. The van der Waals surface area contributed by atoms with E-state index in [1.54, 1.807) is 22.8 Å². The molecule has 1 fully saturated rings. The minimum atomic E-state index is -3.57. The number of amides is 1. The molecule has 2 aromatic rings. The Bertz CT molecular complexity index is 1010. The summed E-state index contributed by atoms with van der Waals surface area (Å²) in [4.78, 5) is 12.7. The predicted molar refractivity (Wildman–Crippen MR) is 118 cm³/mol. The standard InChI is InChI=1S/C22H32N4O3S/c1-5-19-8-6-7-9-20(19)23-21(27)12-15-26-18(4)22(17(3)24-26)30(28,29)25-13-10-16(2)11-14-25/h6-9,16H,5,10-15H2,1-4H3,(H,23,27). The van der Waals surface area contributed by atoms with Gasteiger partial charge in [0.1, 0.15) is 4.90 Å². The third-order valence-corrected chi connectivity index (χ3v) is 8.03. The lowest BCUT2D eigenvalue weighted by molar-refractivity contribution is -0.116. The molecule has 1 N–H and O–H groups in total. The molecule has 0 saturated carbocycles.